The summed E-state index contributed by atoms with van der Waals surface area (Å²) in [5.74, 6) is -1.05. The van der Waals surface area contributed by atoms with Gasteiger partial charge in [0.2, 0.25) is 0 Å². The molecule has 2 fully saturated rings. The van der Waals surface area contributed by atoms with Gasteiger partial charge in [-0.25, -0.2) is 23.1 Å². The SMILES string of the molecule is N#Cc1ccc(F)cc1[C@H]1C[C@H](F)CN1C(=O)c1[nH]nc2ncnc(N[C@H]3C[C@H](F)C[C@@H]3O)c12. The number of rotatable bonds is 4. The topological polar surface area (TPSA) is 131 Å². The third kappa shape index (κ3) is 3.81. The van der Waals surface area contributed by atoms with Gasteiger partial charge in [-0.15, -0.1) is 0 Å². The maximum Gasteiger partial charge on any atom is 0.273 e. The first-order valence-electron chi connectivity index (χ1n) is 10.8. The van der Waals surface area contributed by atoms with Gasteiger partial charge in [0.1, 0.15) is 36.0 Å². The molecule has 0 radical (unpaired) electrons. The largest absolute Gasteiger partial charge is 0.391 e. The number of nitriles is 1. The van der Waals surface area contributed by atoms with Gasteiger partial charge < -0.3 is 15.3 Å². The van der Waals surface area contributed by atoms with E-state index in [0.29, 0.717) is 0 Å². The fourth-order valence-corrected chi connectivity index (χ4v) is 4.76. The van der Waals surface area contributed by atoms with E-state index in [2.05, 4.69) is 25.5 Å². The molecule has 1 amide bonds. The lowest BCUT2D eigenvalue weighted by atomic mass is 9.98. The van der Waals surface area contributed by atoms with E-state index in [-0.39, 0.29) is 59.5 Å². The Hall–Kier alpha value is -3.72. The van der Waals surface area contributed by atoms with Gasteiger partial charge in [0.15, 0.2) is 5.65 Å². The molecule has 3 N–H and O–H groups in total. The summed E-state index contributed by atoms with van der Waals surface area (Å²) >= 11 is 0. The van der Waals surface area contributed by atoms with Gasteiger partial charge in [-0.3, -0.25) is 9.89 Å². The summed E-state index contributed by atoms with van der Waals surface area (Å²) in [6.07, 6.45) is -2.28. The molecule has 3 aromatic rings. The zero-order valence-corrected chi connectivity index (χ0v) is 17.8. The maximum absolute atomic E-state index is 14.5. The van der Waals surface area contributed by atoms with E-state index < -0.39 is 42.3 Å². The Bertz CT molecular complexity index is 1290. The van der Waals surface area contributed by atoms with Crippen molar-refractivity contribution in [1.29, 1.82) is 5.26 Å². The Morgan fingerprint density at radius 1 is 1.24 bits per heavy atom. The number of alkyl halides is 2. The van der Waals surface area contributed by atoms with Crippen LogP contribution >= 0.6 is 0 Å². The van der Waals surface area contributed by atoms with Crippen molar-refractivity contribution in [1.82, 2.24) is 25.1 Å². The van der Waals surface area contributed by atoms with E-state index in [1.165, 1.54) is 17.3 Å². The fraction of sp³-hybridized carbons (Fsp3) is 0.409. The molecule has 5 atom stereocenters. The minimum atomic E-state index is -1.37. The highest BCUT2D eigenvalue weighted by Crippen LogP contribution is 2.38. The van der Waals surface area contributed by atoms with Crippen molar-refractivity contribution >= 4 is 22.8 Å². The van der Waals surface area contributed by atoms with Crippen molar-refractivity contribution in [3.05, 3.63) is 47.2 Å². The Morgan fingerprint density at radius 3 is 2.79 bits per heavy atom. The van der Waals surface area contributed by atoms with Crippen molar-refractivity contribution in [3.63, 3.8) is 0 Å². The van der Waals surface area contributed by atoms with Crippen LogP contribution in [-0.2, 0) is 0 Å². The lowest BCUT2D eigenvalue weighted by Crippen LogP contribution is -2.32. The van der Waals surface area contributed by atoms with Gasteiger partial charge in [0.05, 0.1) is 41.8 Å². The predicted molar refractivity (Wildman–Crippen MR) is 114 cm³/mol. The predicted octanol–water partition coefficient (Wildman–Crippen LogP) is 2.56. The number of aromatic amines is 1. The van der Waals surface area contributed by atoms with Crippen LogP contribution in [0.15, 0.2) is 24.5 Å². The quantitative estimate of drug-likeness (QED) is 0.533. The van der Waals surface area contributed by atoms with Gasteiger partial charge in [-0.1, -0.05) is 0 Å². The van der Waals surface area contributed by atoms with Gasteiger partial charge in [0, 0.05) is 19.3 Å². The highest BCUT2D eigenvalue weighted by atomic mass is 19.1. The maximum atomic E-state index is 14.5. The first-order valence-corrected chi connectivity index (χ1v) is 10.8. The smallest absolute Gasteiger partial charge is 0.273 e. The van der Waals surface area contributed by atoms with Crippen LogP contribution < -0.4 is 5.32 Å². The number of aliphatic hydroxyl groups is 1. The number of aliphatic hydroxyl groups excluding tert-OH is 1. The number of hydrogen-bond acceptors (Lipinski definition) is 7. The summed E-state index contributed by atoms with van der Waals surface area (Å²) in [5.41, 5.74) is 0.490. The van der Waals surface area contributed by atoms with Crippen molar-refractivity contribution in [2.24, 2.45) is 0 Å². The van der Waals surface area contributed by atoms with E-state index >= 15 is 0 Å². The molecule has 1 aliphatic carbocycles. The van der Waals surface area contributed by atoms with Crippen LogP contribution in [0.5, 0.6) is 0 Å². The lowest BCUT2D eigenvalue weighted by Gasteiger charge is -2.25. The van der Waals surface area contributed by atoms with Crippen molar-refractivity contribution in [2.45, 2.75) is 49.8 Å². The van der Waals surface area contributed by atoms with Crippen molar-refractivity contribution in [2.75, 3.05) is 11.9 Å². The number of H-pyrrole nitrogens is 1. The average molecular weight is 471 g/mol. The molecule has 1 aromatic carbocycles. The molecule has 3 heterocycles. The number of benzene rings is 1. The molecular formula is C22H20F3N7O2. The minimum Gasteiger partial charge on any atom is -0.391 e. The summed E-state index contributed by atoms with van der Waals surface area (Å²) in [6.45, 7) is -0.257. The number of carbonyl (C=O) groups is 1. The number of anilines is 1. The van der Waals surface area contributed by atoms with Crippen molar-refractivity contribution in [3.8, 4) is 6.07 Å². The molecule has 5 rings (SSSR count). The number of amides is 1. The third-order valence-corrected chi connectivity index (χ3v) is 6.36. The Kier molecular flexibility index (Phi) is 5.57. The zero-order valence-electron chi connectivity index (χ0n) is 17.8. The summed E-state index contributed by atoms with van der Waals surface area (Å²) in [5, 5.41) is 29.4. The first kappa shape index (κ1) is 22.1. The van der Waals surface area contributed by atoms with Crippen LogP contribution in [-0.4, -0.2) is 67.1 Å². The molecule has 1 aliphatic heterocycles. The fourth-order valence-electron chi connectivity index (χ4n) is 4.76. The van der Waals surface area contributed by atoms with E-state index in [9.17, 15) is 28.3 Å². The van der Waals surface area contributed by atoms with Crippen LogP contribution in [0.3, 0.4) is 0 Å². The third-order valence-electron chi connectivity index (χ3n) is 6.36. The Morgan fingerprint density at radius 2 is 2.06 bits per heavy atom. The number of hydrogen-bond donors (Lipinski definition) is 3. The molecule has 1 saturated carbocycles. The molecule has 12 heteroatoms. The molecule has 34 heavy (non-hydrogen) atoms. The van der Waals surface area contributed by atoms with Crippen LogP contribution in [0.1, 0.15) is 46.9 Å². The number of aromatic nitrogens is 4. The minimum absolute atomic E-state index is 0.00866. The van der Waals surface area contributed by atoms with Crippen molar-refractivity contribution < 1.29 is 23.1 Å². The van der Waals surface area contributed by atoms with E-state index in [1.807, 2.05) is 6.07 Å². The van der Waals surface area contributed by atoms with Crippen LogP contribution in [0, 0.1) is 17.1 Å². The van der Waals surface area contributed by atoms with Gasteiger partial charge in [0.25, 0.3) is 5.91 Å². The molecular weight excluding hydrogens is 451 g/mol. The number of nitrogens with zero attached hydrogens (tertiary/aromatic N) is 5. The number of carbonyl (C=O) groups excluding carboxylic acids is 1. The monoisotopic (exact) mass is 471 g/mol. The number of likely N-dealkylation sites (tertiary alicyclic amines) is 1. The van der Waals surface area contributed by atoms with Crippen LogP contribution in [0.25, 0.3) is 11.0 Å². The number of nitrogens with one attached hydrogen (secondary N) is 2. The molecule has 2 aromatic heterocycles. The highest BCUT2D eigenvalue weighted by molar-refractivity contribution is 6.08. The van der Waals surface area contributed by atoms with Crippen LogP contribution in [0.2, 0.25) is 0 Å². The normalized spacial score (nSPS) is 26.7. The molecule has 0 bridgehead atoms. The van der Waals surface area contributed by atoms with Gasteiger partial charge in [-0.2, -0.15) is 10.4 Å². The molecule has 2 aliphatic rings. The Balaban J connectivity index is 1.52. The number of fused-ring (bicyclic) bond motifs is 1. The van der Waals surface area contributed by atoms with Gasteiger partial charge >= 0.3 is 0 Å². The molecule has 0 unspecified atom stereocenters. The first-order chi connectivity index (χ1) is 16.4. The van der Waals surface area contributed by atoms with E-state index in [0.717, 1.165) is 12.1 Å². The van der Waals surface area contributed by atoms with E-state index in [4.69, 9.17) is 0 Å². The Labute approximate surface area is 191 Å². The average Bonchev–Trinajstić information content (AvgIpc) is 3.50. The van der Waals surface area contributed by atoms with Gasteiger partial charge in [-0.05, 0) is 23.8 Å². The molecule has 176 valence electrons. The molecule has 1 saturated heterocycles. The molecule has 0 spiro atoms. The summed E-state index contributed by atoms with van der Waals surface area (Å²) in [4.78, 5) is 23.0. The number of halogens is 3. The standard InChI is InChI=1S/C22H20F3N7O2/c23-11-2-1-10(7-26)14(3-11)16-5-13(25)8-32(16)22(34)19-18-20(27-9-28-21(18)31-30-19)29-15-4-12(24)6-17(15)33/h1-3,9,12-13,15-17,33H,4-6,8H2,(H2,27,28,29,30,31)/t12-,13-,15-,16+,17-/m0/s1. The highest BCUT2D eigenvalue weighted by Gasteiger charge is 2.40. The second-order valence-corrected chi connectivity index (χ2v) is 8.56. The summed E-state index contributed by atoms with van der Waals surface area (Å²) < 4.78 is 42.2. The second kappa shape index (κ2) is 8.57. The molecule has 9 nitrogen and oxygen atoms in total. The summed E-state index contributed by atoms with van der Waals surface area (Å²) in [6, 6.07) is 4.05. The zero-order chi connectivity index (χ0) is 24.0. The lowest BCUT2D eigenvalue weighted by molar-refractivity contribution is 0.0724. The van der Waals surface area contributed by atoms with Crippen LogP contribution in [0.4, 0.5) is 19.0 Å². The second-order valence-electron chi connectivity index (χ2n) is 8.56. The van der Waals surface area contributed by atoms with E-state index in [1.54, 1.807) is 0 Å². The summed E-state index contributed by atoms with van der Waals surface area (Å²) in [7, 11) is 0.